The average molecular weight is 363 g/mol. The van der Waals surface area contributed by atoms with E-state index in [9.17, 15) is 23.5 Å². The smallest absolute Gasteiger partial charge is 0.335 e. The number of aliphatic hydroxyl groups is 1. The highest BCUT2D eigenvalue weighted by Gasteiger charge is 2.27. The van der Waals surface area contributed by atoms with Crippen LogP contribution in [0.25, 0.3) is 0 Å². The molecule has 0 aliphatic heterocycles. The third-order valence-electron chi connectivity index (χ3n) is 4.01. The number of hydrogen-bond acceptors (Lipinski definition) is 3. The van der Waals surface area contributed by atoms with Gasteiger partial charge in [-0.1, -0.05) is 24.3 Å². The highest BCUT2D eigenvalue weighted by molar-refractivity contribution is 5.89. The van der Waals surface area contributed by atoms with Crippen molar-refractivity contribution < 1.29 is 28.6 Å². The van der Waals surface area contributed by atoms with Gasteiger partial charge in [0.1, 0.15) is 17.2 Å². The molecule has 2 aromatic carbocycles. The molecule has 5 nitrogen and oxygen atoms in total. The summed E-state index contributed by atoms with van der Waals surface area (Å²) in [5, 5.41) is 22.0. The third-order valence-corrected chi connectivity index (χ3v) is 4.01. The Morgan fingerprint density at radius 3 is 2.50 bits per heavy atom. The molecule has 0 saturated carbocycles. The molecule has 1 unspecified atom stereocenters. The lowest BCUT2D eigenvalue weighted by Gasteiger charge is -2.24. The quantitative estimate of drug-likeness (QED) is 0.706. The molecule has 0 aliphatic carbocycles. The second-order valence-corrected chi connectivity index (χ2v) is 6.14. The number of benzene rings is 2. The maximum absolute atomic E-state index is 13.8. The average Bonchev–Trinajstić information content (AvgIpc) is 2.58. The van der Waals surface area contributed by atoms with E-state index >= 15 is 0 Å². The Labute approximate surface area is 149 Å². The van der Waals surface area contributed by atoms with Crippen molar-refractivity contribution in [2.45, 2.75) is 25.4 Å². The SMILES string of the molecule is CC(O)(CNC(=O)CCc1ccccc1C(=O)O)c1ccc(F)cc1F. The molecule has 0 saturated heterocycles. The molecule has 138 valence electrons. The zero-order valence-corrected chi connectivity index (χ0v) is 14.1. The molecule has 2 rings (SSSR count). The van der Waals surface area contributed by atoms with Crippen LogP contribution < -0.4 is 5.32 Å². The Bertz CT molecular complexity index is 821. The minimum Gasteiger partial charge on any atom is -0.478 e. The highest BCUT2D eigenvalue weighted by Crippen LogP contribution is 2.23. The van der Waals surface area contributed by atoms with Crippen molar-refractivity contribution in [1.29, 1.82) is 0 Å². The number of carbonyl (C=O) groups is 2. The number of carbonyl (C=O) groups excluding carboxylic acids is 1. The van der Waals surface area contributed by atoms with Crippen molar-refractivity contribution in [3.63, 3.8) is 0 Å². The number of amides is 1. The van der Waals surface area contributed by atoms with Crippen LogP contribution in [0.2, 0.25) is 0 Å². The zero-order valence-electron chi connectivity index (χ0n) is 14.1. The van der Waals surface area contributed by atoms with E-state index in [4.69, 9.17) is 5.11 Å². The molecule has 0 radical (unpaired) electrons. The van der Waals surface area contributed by atoms with Gasteiger partial charge in [-0.15, -0.1) is 0 Å². The Kier molecular flexibility index (Phi) is 6.05. The number of rotatable bonds is 7. The first-order valence-electron chi connectivity index (χ1n) is 7.96. The first-order chi connectivity index (χ1) is 12.2. The summed E-state index contributed by atoms with van der Waals surface area (Å²) in [5.41, 5.74) is -1.20. The molecule has 7 heteroatoms. The minimum atomic E-state index is -1.72. The highest BCUT2D eigenvalue weighted by atomic mass is 19.1. The van der Waals surface area contributed by atoms with Crippen LogP contribution in [0.3, 0.4) is 0 Å². The van der Waals surface area contributed by atoms with Crippen LogP contribution in [-0.2, 0) is 16.8 Å². The fraction of sp³-hybridized carbons (Fsp3) is 0.263. The largest absolute Gasteiger partial charge is 0.478 e. The van der Waals surface area contributed by atoms with E-state index in [1.807, 2.05) is 0 Å². The van der Waals surface area contributed by atoms with E-state index in [1.54, 1.807) is 18.2 Å². The van der Waals surface area contributed by atoms with Gasteiger partial charge in [0.15, 0.2) is 0 Å². The Morgan fingerprint density at radius 1 is 1.15 bits per heavy atom. The Hall–Kier alpha value is -2.80. The molecule has 0 fully saturated rings. The maximum Gasteiger partial charge on any atom is 0.335 e. The Morgan fingerprint density at radius 2 is 1.85 bits per heavy atom. The molecule has 0 heterocycles. The van der Waals surface area contributed by atoms with Gasteiger partial charge in [0.25, 0.3) is 0 Å². The van der Waals surface area contributed by atoms with Crippen molar-refractivity contribution >= 4 is 11.9 Å². The van der Waals surface area contributed by atoms with Gasteiger partial charge in [-0.05, 0) is 31.0 Å². The molecular formula is C19H19F2NO4. The van der Waals surface area contributed by atoms with Gasteiger partial charge in [-0.25, -0.2) is 13.6 Å². The summed E-state index contributed by atoms with van der Waals surface area (Å²) in [7, 11) is 0. The van der Waals surface area contributed by atoms with Crippen LogP contribution in [0.1, 0.15) is 34.8 Å². The lowest BCUT2D eigenvalue weighted by Crippen LogP contribution is -2.39. The van der Waals surface area contributed by atoms with Crippen LogP contribution in [0.15, 0.2) is 42.5 Å². The molecule has 0 aliphatic rings. The standard InChI is InChI=1S/C19H19F2NO4/c1-19(26,15-8-7-13(20)10-16(15)21)11-22-17(23)9-6-12-4-2-3-5-14(12)18(24)25/h2-5,7-8,10,26H,6,9,11H2,1H3,(H,22,23)(H,24,25). The van der Waals surface area contributed by atoms with E-state index in [0.717, 1.165) is 12.1 Å². The van der Waals surface area contributed by atoms with Gasteiger partial charge < -0.3 is 15.5 Å². The molecule has 3 N–H and O–H groups in total. The van der Waals surface area contributed by atoms with E-state index in [0.29, 0.717) is 11.6 Å². The number of carboxylic acids is 1. The van der Waals surface area contributed by atoms with E-state index in [1.165, 1.54) is 13.0 Å². The summed E-state index contributed by atoms with van der Waals surface area (Å²) in [6, 6.07) is 9.17. The number of aryl methyl sites for hydroxylation is 1. The first-order valence-corrected chi connectivity index (χ1v) is 7.96. The minimum absolute atomic E-state index is 0.00622. The van der Waals surface area contributed by atoms with Gasteiger partial charge >= 0.3 is 5.97 Å². The first kappa shape index (κ1) is 19.5. The normalized spacial score (nSPS) is 13.1. The second kappa shape index (κ2) is 8.05. The predicted octanol–water partition coefficient (Wildman–Crippen LogP) is 2.62. The third kappa shape index (κ3) is 4.86. The van der Waals surface area contributed by atoms with Gasteiger partial charge in [-0.2, -0.15) is 0 Å². The van der Waals surface area contributed by atoms with Crippen LogP contribution >= 0.6 is 0 Å². The van der Waals surface area contributed by atoms with Crippen LogP contribution in [0, 0.1) is 11.6 Å². The summed E-state index contributed by atoms with van der Waals surface area (Å²) < 4.78 is 26.8. The lowest BCUT2D eigenvalue weighted by atomic mass is 9.95. The number of hydrogen-bond donors (Lipinski definition) is 3. The van der Waals surface area contributed by atoms with Crippen LogP contribution in [-0.4, -0.2) is 28.6 Å². The molecule has 26 heavy (non-hydrogen) atoms. The molecule has 1 amide bonds. The van der Waals surface area contributed by atoms with Crippen molar-refractivity contribution in [3.8, 4) is 0 Å². The van der Waals surface area contributed by atoms with Crippen molar-refractivity contribution in [3.05, 3.63) is 70.8 Å². The van der Waals surface area contributed by atoms with Gasteiger partial charge in [0, 0.05) is 18.1 Å². The molecule has 1 atom stereocenters. The number of halogens is 2. The summed E-state index contributed by atoms with van der Waals surface area (Å²) in [6.07, 6.45) is 0.216. The van der Waals surface area contributed by atoms with E-state index in [-0.39, 0.29) is 30.5 Å². The summed E-state index contributed by atoms with van der Waals surface area (Å²) in [5.74, 6) is -3.16. The van der Waals surface area contributed by atoms with Crippen LogP contribution in [0.4, 0.5) is 8.78 Å². The zero-order chi connectivity index (χ0) is 19.3. The lowest BCUT2D eigenvalue weighted by molar-refractivity contribution is -0.122. The Balaban J connectivity index is 1.95. The number of nitrogens with one attached hydrogen (secondary N) is 1. The fourth-order valence-corrected chi connectivity index (χ4v) is 2.58. The monoisotopic (exact) mass is 363 g/mol. The molecule has 0 spiro atoms. The van der Waals surface area contributed by atoms with Crippen molar-refractivity contribution in [2.24, 2.45) is 0 Å². The van der Waals surface area contributed by atoms with Gasteiger partial charge in [-0.3, -0.25) is 4.79 Å². The molecule has 2 aromatic rings. The van der Waals surface area contributed by atoms with Crippen LogP contribution in [0.5, 0.6) is 0 Å². The van der Waals surface area contributed by atoms with E-state index < -0.39 is 29.1 Å². The van der Waals surface area contributed by atoms with Gasteiger partial charge in [0.05, 0.1) is 12.1 Å². The molecule has 0 bridgehead atoms. The van der Waals surface area contributed by atoms with Crippen molar-refractivity contribution in [2.75, 3.05) is 6.54 Å². The predicted molar refractivity (Wildman–Crippen MR) is 90.7 cm³/mol. The summed E-state index contributed by atoms with van der Waals surface area (Å²) >= 11 is 0. The summed E-state index contributed by atoms with van der Waals surface area (Å²) in [6.45, 7) is 1.04. The van der Waals surface area contributed by atoms with Crippen molar-refractivity contribution in [1.82, 2.24) is 5.32 Å². The molecule has 0 aromatic heterocycles. The summed E-state index contributed by atoms with van der Waals surface area (Å²) in [4.78, 5) is 23.1. The second-order valence-electron chi connectivity index (χ2n) is 6.14. The van der Waals surface area contributed by atoms with Gasteiger partial charge in [0.2, 0.25) is 5.91 Å². The fourth-order valence-electron chi connectivity index (χ4n) is 2.58. The number of aromatic carboxylic acids is 1. The topological polar surface area (TPSA) is 86.6 Å². The van der Waals surface area contributed by atoms with E-state index in [2.05, 4.69) is 5.32 Å². The maximum atomic E-state index is 13.8. The number of carboxylic acid groups (broad SMARTS) is 1. The molecular weight excluding hydrogens is 344 g/mol.